The number of aromatic nitrogens is 5. The minimum atomic E-state index is -0.985. The average Bonchev–Trinajstić information content (AvgIpc) is 1.66. The summed E-state index contributed by atoms with van der Waals surface area (Å²) >= 11 is 0. The van der Waals surface area contributed by atoms with Crippen LogP contribution in [0.1, 0.15) is 82.3 Å². The lowest BCUT2D eigenvalue weighted by Crippen LogP contribution is -2.35. The van der Waals surface area contributed by atoms with Gasteiger partial charge in [0.05, 0.1) is 67.8 Å². The van der Waals surface area contributed by atoms with E-state index in [0.717, 1.165) is 65.6 Å². The standard InChI is InChI=1S/C26H17F3N2O3.C23H17F3N6O.C18H15F3N2O/c1-13(31-25(33)18-5-3-4-6-19(18)26(31)34)23-22(14-9-16(28)11-17(29)10-14)24(32)20-12-15(27)7-8-21(20)30(23)2;1-11(31-23-17(9-27)22(28)29-10-30-23)20-19(12-5-14(25)7-15(26)6-12)21(33)16-8-13(24)3-4-18(16)32(20)2;1-9(22)17-16(10-5-12(20)7-13(21)6-10)18(24)14-8-11(19)3-4-15(14)23(17)2/h3-13H,1-2H3;3-8,10-11H,1-2H3,(H3,28,29,30,31);3-9H,22H2,1-2H3. The Morgan fingerprint density at radius 2 is 0.824 bits per heavy atom. The number of benzene rings is 7. The van der Waals surface area contributed by atoms with Crippen LogP contribution in [0.2, 0.25) is 0 Å². The summed E-state index contributed by atoms with van der Waals surface area (Å²) in [5.41, 5.74) is 12.5. The van der Waals surface area contributed by atoms with Gasteiger partial charge in [-0.15, -0.1) is 0 Å². The number of anilines is 2. The van der Waals surface area contributed by atoms with Crippen molar-refractivity contribution in [1.29, 1.82) is 5.26 Å². The quantitative estimate of drug-likeness (QED) is 0.0912. The zero-order valence-electron chi connectivity index (χ0n) is 48.7. The van der Waals surface area contributed by atoms with E-state index >= 15 is 0 Å². The van der Waals surface area contributed by atoms with Gasteiger partial charge in [0, 0.05) is 67.2 Å². The molecule has 91 heavy (non-hydrogen) atoms. The molecule has 0 aliphatic carbocycles. The topological polar surface area (TPSA) is 217 Å². The molecule has 1 aliphatic heterocycles. The van der Waals surface area contributed by atoms with Crippen molar-refractivity contribution in [1.82, 2.24) is 28.6 Å². The number of carbonyl (C=O) groups is 2. The van der Waals surface area contributed by atoms with Crippen molar-refractivity contribution in [3.05, 3.63) is 257 Å². The van der Waals surface area contributed by atoms with Crippen molar-refractivity contribution in [3.8, 4) is 39.4 Å². The van der Waals surface area contributed by atoms with Gasteiger partial charge in [-0.25, -0.2) is 49.5 Å². The van der Waals surface area contributed by atoms with E-state index in [9.17, 15) is 68.7 Å². The number of nitrogens with two attached hydrogens (primary N) is 2. The SMILES string of the molecule is CC(N)c1c(-c2cc(F)cc(F)c2)c(=O)c2cc(F)ccc2n1C.CC(Nc1ncnc(N)c1C#N)c1c(-c2cc(F)cc(F)c2)c(=O)c2cc(F)ccc2n1C.CC(c1c(-c2cc(F)cc(F)c2)c(=O)c2cc(F)ccc2n1C)N1C(=O)c2ccccc2C1=O. The van der Waals surface area contributed by atoms with Crippen LogP contribution < -0.4 is 33.1 Å². The van der Waals surface area contributed by atoms with Gasteiger partial charge in [-0.1, -0.05) is 12.1 Å². The van der Waals surface area contributed by atoms with Crippen LogP contribution in [-0.4, -0.2) is 40.4 Å². The summed E-state index contributed by atoms with van der Waals surface area (Å²) in [5.74, 6) is -7.99. The molecule has 24 heteroatoms. The predicted octanol–water partition coefficient (Wildman–Crippen LogP) is 12.7. The van der Waals surface area contributed by atoms with Crippen LogP contribution in [-0.2, 0) is 21.1 Å². The molecule has 0 saturated carbocycles. The van der Waals surface area contributed by atoms with Gasteiger partial charge in [0.1, 0.15) is 82.0 Å². The van der Waals surface area contributed by atoms with Gasteiger partial charge in [0.25, 0.3) is 11.8 Å². The summed E-state index contributed by atoms with van der Waals surface area (Å²) in [6, 6.07) is 25.5. The van der Waals surface area contributed by atoms with E-state index in [2.05, 4.69) is 15.3 Å². The Kier molecular flexibility index (Phi) is 17.1. The van der Waals surface area contributed by atoms with Gasteiger partial charge >= 0.3 is 0 Å². The first-order chi connectivity index (χ1) is 43.2. The number of rotatable bonds is 9. The maximum atomic E-state index is 14.1. The lowest BCUT2D eigenvalue weighted by atomic mass is 9.96. The number of hydrogen-bond acceptors (Lipinski definition) is 11. The van der Waals surface area contributed by atoms with Crippen molar-refractivity contribution in [2.24, 2.45) is 26.9 Å². The molecule has 1 aliphatic rings. The molecule has 4 aromatic heterocycles. The highest BCUT2D eigenvalue weighted by Crippen LogP contribution is 2.38. The first-order valence-corrected chi connectivity index (χ1v) is 27.5. The second-order valence-corrected chi connectivity index (χ2v) is 21.4. The number of imide groups is 1. The second-order valence-electron chi connectivity index (χ2n) is 21.4. The minimum Gasteiger partial charge on any atom is -0.382 e. The summed E-state index contributed by atoms with van der Waals surface area (Å²) in [7, 11) is 4.91. The third kappa shape index (κ3) is 11.8. The number of fused-ring (bicyclic) bond motifs is 4. The van der Waals surface area contributed by atoms with E-state index in [1.54, 1.807) is 67.7 Å². The maximum Gasteiger partial charge on any atom is 0.262 e. The van der Waals surface area contributed by atoms with Crippen LogP contribution in [0.15, 0.2) is 154 Å². The molecular weight excluding hydrogens is 1200 g/mol. The fraction of sp³-hybridized carbons (Fsp3) is 0.134. The molecule has 0 fully saturated rings. The molecule has 2 amide bonds. The largest absolute Gasteiger partial charge is 0.382 e. The predicted molar refractivity (Wildman–Crippen MR) is 325 cm³/mol. The molecule has 7 aromatic carbocycles. The monoisotopic (exact) mass is 1240 g/mol. The third-order valence-electron chi connectivity index (χ3n) is 15.5. The lowest BCUT2D eigenvalue weighted by molar-refractivity contribution is 0.0590. The minimum absolute atomic E-state index is 0.000445. The fourth-order valence-corrected chi connectivity index (χ4v) is 11.6. The van der Waals surface area contributed by atoms with E-state index in [1.165, 1.54) is 54.9 Å². The van der Waals surface area contributed by atoms with Gasteiger partial charge in [-0.3, -0.25) is 28.9 Å². The van der Waals surface area contributed by atoms with E-state index in [0.29, 0.717) is 40.1 Å². The number of nitrogens with one attached hydrogen (secondary N) is 1. The highest BCUT2D eigenvalue weighted by Gasteiger charge is 2.41. The lowest BCUT2D eigenvalue weighted by Gasteiger charge is -2.28. The van der Waals surface area contributed by atoms with E-state index in [-0.39, 0.29) is 83.6 Å². The average molecular weight is 1250 g/mol. The molecule has 15 nitrogen and oxygen atoms in total. The number of aryl methyl sites for hydroxylation is 3. The van der Waals surface area contributed by atoms with Crippen molar-refractivity contribution in [3.63, 3.8) is 0 Å². The van der Waals surface area contributed by atoms with Gasteiger partial charge in [-0.05, 0) is 141 Å². The van der Waals surface area contributed by atoms with Crippen LogP contribution in [0.3, 0.4) is 0 Å². The Morgan fingerprint density at radius 3 is 1.20 bits per heavy atom. The first kappa shape index (κ1) is 62.8. The number of hydrogen-bond donors (Lipinski definition) is 3. The Morgan fingerprint density at radius 1 is 0.473 bits per heavy atom. The molecule has 12 rings (SSSR count). The van der Waals surface area contributed by atoms with Crippen molar-refractivity contribution in [2.75, 3.05) is 11.1 Å². The van der Waals surface area contributed by atoms with Crippen molar-refractivity contribution in [2.45, 2.75) is 38.9 Å². The van der Waals surface area contributed by atoms with Crippen LogP contribution in [0.4, 0.5) is 51.1 Å². The normalized spacial score (nSPS) is 12.9. The Bertz CT molecular complexity index is 5010. The fourth-order valence-electron chi connectivity index (χ4n) is 11.6. The summed E-state index contributed by atoms with van der Waals surface area (Å²) < 4.78 is 130. The zero-order chi connectivity index (χ0) is 65.8. The van der Waals surface area contributed by atoms with Crippen LogP contribution in [0.25, 0.3) is 66.1 Å². The number of amides is 2. The summed E-state index contributed by atoms with van der Waals surface area (Å²) in [6.07, 6.45) is 1.18. The number of nitriles is 1. The van der Waals surface area contributed by atoms with Crippen LogP contribution in [0.5, 0.6) is 0 Å². The van der Waals surface area contributed by atoms with Gasteiger partial charge in [0.2, 0.25) is 0 Å². The van der Waals surface area contributed by atoms with Crippen molar-refractivity contribution >= 4 is 56.2 Å². The van der Waals surface area contributed by atoms with Crippen LogP contribution in [0, 0.1) is 63.7 Å². The Hall–Kier alpha value is -11.2. The molecule has 0 saturated heterocycles. The zero-order valence-corrected chi connectivity index (χ0v) is 48.7. The molecule has 5 N–H and O–H groups in total. The Balaban J connectivity index is 0.000000152. The highest BCUT2D eigenvalue weighted by molar-refractivity contribution is 6.21. The first-order valence-electron chi connectivity index (χ1n) is 27.5. The number of halogens is 9. The smallest absolute Gasteiger partial charge is 0.262 e. The molecule has 3 unspecified atom stereocenters. The van der Waals surface area contributed by atoms with E-state index in [4.69, 9.17) is 11.5 Å². The number of nitrogen functional groups attached to an aromatic ring is 1. The van der Waals surface area contributed by atoms with Gasteiger partial charge < -0.3 is 30.5 Å². The molecule has 460 valence electrons. The number of nitrogens with zero attached hydrogens (tertiary/aromatic N) is 7. The molecule has 0 spiro atoms. The Labute approximate surface area is 510 Å². The molecule has 3 atom stereocenters. The summed E-state index contributed by atoms with van der Waals surface area (Å²) in [5, 5.41) is 12.6. The molecule has 0 bridgehead atoms. The van der Waals surface area contributed by atoms with Gasteiger partial charge in [0.15, 0.2) is 16.3 Å². The van der Waals surface area contributed by atoms with E-state index in [1.807, 2.05) is 6.07 Å². The van der Waals surface area contributed by atoms with E-state index < -0.39 is 98.6 Å². The number of pyridine rings is 3. The second kappa shape index (κ2) is 24.8. The maximum absolute atomic E-state index is 14.1. The molecular formula is C67H49F9N10O5. The van der Waals surface area contributed by atoms with Gasteiger partial charge in [-0.2, -0.15) is 5.26 Å². The van der Waals surface area contributed by atoms with Crippen molar-refractivity contribution < 1.29 is 49.1 Å². The molecule has 0 radical (unpaired) electrons. The number of carbonyl (C=O) groups excluding carboxylic acids is 2. The summed E-state index contributed by atoms with van der Waals surface area (Å²) in [4.78, 5) is 75.0. The summed E-state index contributed by atoms with van der Waals surface area (Å²) in [6.45, 7) is 4.91. The molecule has 11 aromatic rings. The highest BCUT2D eigenvalue weighted by atomic mass is 19.2. The third-order valence-corrected chi connectivity index (χ3v) is 15.5. The molecule has 5 heterocycles. The van der Waals surface area contributed by atoms with Crippen LogP contribution >= 0.6 is 0 Å².